The molecule has 22 heavy (non-hydrogen) atoms. The number of allylic oxidation sites excluding steroid dienone is 8. The van der Waals surface area contributed by atoms with Crippen molar-refractivity contribution in [3.05, 3.63) is 41.0 Å². The third-order valence-electron chi connectivity index (χ3n) is 4.84. The fourth-order valence-corrected chi connectivity index (χ4v) is 24.9. The van der Waals surface area contributed by atoms with Crippen molar-refractivity contribution in [2.24, 2.45) is 0 Å². The Balaban J connectivity index is 0.00000220. The van der Waals surface area contributed by atoms with Crippen molar-refractivity contribution in [1.29, 1.82) is 0 Å². The first-order valence-corrected chi connectivity index (χ1v) is 17.8. The Morgan fingerprint density at radius 1 is 0.864 bits per heavy atom. The van der Waals surface area contributed by atoms with E-state index in [-0.39, 0.29) is 24.8 Å². The smallest absolute Gasteiger partial charge is 0.147 e. The zero-order chi connectivity index (χ0) is 14.9. The molecule has 0 aliphatic heterocycles. The van der Waals surface area contributed by atoms with Crippen molar-refractivity contribution in [3.8, 4) is 0 Å². The van der Waals surface area contributed by atoms with Gasteiger partial charge in [0.25, 0.3) is 0 Å². The Kier molecular flexibility index (Phi) is 10.1. The van der Waals surface area contributed by atoms with Crippen molar-refractivity contribution in [2.75, 3.05) is 0 Å². The summed E-state index contributed by atoms with van der Waals surface area (Å²) in [5.41, 5.74) is 6.70. The van der Waals surface area contributed by atoms with Crippen LogP contribution in [0.1, 0.15) is 53.4 Å². The van der Waals surface area contributed by atoms with Crippen LogP contribution in [0.25, 0.3) is 0 Å². The van der Waals surface area contributed by atoms with Gasteiger partial charge in [0.15, 0.2) is 0 Å². The van der Waals surface area contributed by atoms with Crippen LogP contribution in [-0.2, 0) is 20.9 Å². The number of rotatable bonds is 5. The molecule has 0 saturated heterocycles. The van der Waals surface area contributed by atoms with Gasteiger partial charge in [-0.05, 0) is 0 Å². The largest absolute Gasteiger partial charge is 0.147 e. The van der Waals surface area contributed by atoms with Crippen LogP contribution < -0.4 is 0 Å². The summed E-state index contributed by atoms with van der Waals surface area (Å²) in [7, 11) is 0. The number of halogens is 2. The number of hydrogen-bond acceptors (Lipinski definition) is 0. The van der Waals surface area contributed by atoms with Crippen LogP contribution in [0.2, 0.25) is 13.1 Å². The summed E-state index contributed by atoms with van der Waals surface area (Å²) in [4.78, 5) is 0. The molecule has 0 N–H and O–H groups in total. The molecular weight excluding hydrogens is 406 g/mol. The molecule has 4 heteroatoms. The summed E-state index contributed by atoms with van der Waals surface area (Å²) in [6.07, 6.45) is 10.1. The summed E-state index contributed by atoms with van der Waals surface area (Å²) in [6.45, 7) is 14.6. The average Bonchev–Trinajstić information content (AvgIpc) is 2.94. The maximum absolute atomic E-state index is 2.62. The van der Waals surface area contributed by atoms with Gasteiger partial charge in [0, 0.05) is 0 Å². The first-order chi connectivity index (χ1) is 9.51. The molecule has 0 atom stereocenters. The Morgan fingerprint density at radius 2 is 1.23 bits per heavy atom. The van der Waals surface area contributed by atoms with E-state index in [0.29, 0.717) is 0 Å². The monoisotopic (exact) mass is 435 g/mol. The zero-order valence-corrected chi connectivity index (χ0v) is 20.1. The molecular formula is C18H31Cl2SiZr. The van der Waals surface area contributed by atoms with Gasteiger partial charge in [-0.1, -0.05) is 0 Å². The van der Waals surface area contributed by atoms with Crippen molar-refractivity contribution >= 4 is 30.7 Å². The molecule has 0 fully saturated rings. The van der Waals surface area contributed by atoms with Gasteiger partial charge in [-0.25, -0.2) is 0 Å². The minimum atomic E-state index is -1.53. The molecule has 0 aromatic heterocycles. The topological polar surface area (TPSA) is 0 Å². The molecule has 0 saturated carbocycles. The van der Waals surface area contributed by atoms with Crippen LogP contribution in [0, 0.1) is 0 Å². The van der Waals surface area contributed by atoms with Crippen molar-refractivity contribution in [1.82, 2.24) is 0 Å². The van der Waals surface area contributed by atoms with Crippen LogP contribution in [0.15, 0.2) is 41.0 Å². The van der Waals surface area contributed by atoms with E-state index in [2.05, 4.69) is 52.9 Å². The van der Waals surface area contributed by atoms with E-state index < -0.39 is 26.8 Å². The van der Waals surface area contributed by atoms with E-state index in [1.165, 1.54) is 25.7 Å². The molecule has 0 heterocycles. The quantitative estimate of drug-likeness (QED) is 0.433. The van der Waals surface area contributed by atoms with Crippen molar-refractivity contribution in [3.63, 3.8) is 0 Å². The van der Waals surface area contributed by atoms with E-state index in [4.69, 9.17) is 0 Å². The van der Waals surface area contributed by atoms with Crippen LogP contribution in [0.3, 0.4) is 0 Å². The molecule has 2 aliphatic rings. The first-order valence-electron chi connectivity index (χ1n) is 8.17. The van der Waals surface area contributed by atoms with Gasteiger partial charge < -0.3 is 0 Å². The van der Waals surface area contributed by atoms with Gasteiger partial charge in [-0.2, -0.15) is 0 Å². The molecule has 0 unspecified atom stereocenters. The normalized spacial score (nSPS) is 17.4. The van der Waals surface area contributed by atoms with Crippen molar-refractivity contribution in [2.45, 2.75) is 66.5 Å². The Bertz CT molecular complexity index is 483. The molecule has 0 spiro atoms. The average molecular weight is 438 g/mol. The van der Waals surface area contributed by atoms with Crippen LogP contribution in [-0.4, -0.2) is 5.92 Å². The van der Waals surface area contributed by atoms with E-state index in [9.17, 15) is 0 Å². The fourth-order valence-electron chi connectivity index (χ4n) is 3.89. The third-order valence-corrected chi connectivity index (χ3v) is 24.3. The van der Waals surface area contributed by atoms with Gasteiger partial charge in [0.1, 0.15) is 0 Å². The molecule has 2 rings (SSSR count). The van der Waals surface area contributed by atoms with Crippen molar-refractivity contribution < 1.29 is 20.9 Å². The Hall–Kier alpha value is 0.640. The zero-order valence-electron chi connectivity index (χ0n) is 14.9. The second-order valence-electron chi connectivity index (χ2n) is 6.37. The summed E-state index contributed by atoms with van der Waals surface area (Å²) in [5, 5.41) is 0. The van der Waals surface area contributed by atoms with Gasteiger partial charge in [-0.15, -0.1) is 24.8 Å². The van der Waals surface area contributed by atoms with E-state index in [1.54, 1.807) is 22.3 Å². The van der Waals surface area contributed by atoms with E-state index in [1.807, 2.05) is 6.56 Å². The molecule has 125 valence electrons. The number of hydrogen-bond donors (Lipinski definition) is 0. The molecule has 0 bridgehead atoms. The van der Waals surface area contributed by atoms with Gasteiger partial charge in [-0.3, -0.25) is 0 Å². The summed E-state index contributed by atoms with van der Waals surface area (Å²) in [6, 6.07) is 0. The summed E-state index contributed by atoms with van der Waals surface area (Å²) < 4.78 is 3.94. The Morgan fingerprint density at radius 3 is 1.50 bits per heavy atom. The fraction of sp³-hybridized carbons (Fsp3) is 0.556. The SMILES string of the molecule is CCC1=[C]([Zr]([C]2=C(CC)C(C)=CC2)[SiH](C)C)CC=C1C.Cl.Cl. The molecule has 0 aromatic carbocycles. The van der Waals surface area contributed by atoms with Gasteiger partial charge >= 0.3 is 134 Å². The molecule has 0 radical (unpaired) electrons. The Labute approximate surface area is 158 Å². The van der Waals surface area contributed by atoms with Crippen LogP contribution in [0.4, 0.5) is 0 Å². The summed E-state index contributed by atoms with van der Waals surface area (Å²) in [5.74, 6) is -0.537. The van der Waals surface area contributed by atoms with Gasteiger partial charge in [0.2, 0.25) is 0 Å². The summed E-state index contributed by atoms with van der Waals surface area (Å²) >= 11 is -1.53. The van der Waals surface area contributed by atoms with E-state index >= 15 is 0 Å². The van der Waals surface area contributed by atoms with E-state index in [0.717, 1.165) is 0 Å². The molecule has 0 aromatic rings. The maximum Gasteiger partial charge on any atom is -0.147 e. The predicted octanol–water partition coefficient (Wildman–Crippen LogP) is 6.46. The molecule has 0 nitrogen and oxygen atoms in total. The first kappa shape index (κ1) is 22.6. The molecule has 0 amide bonds. The predicted molar refractivity (Wildman–Crippen MR) is 105 cm³/mol. The van der Waals surface area contributed by atoms with Gasteiger partial charge in [0.05, 0.1) is 0 Å². The van der Waals surface area contributed by atoms with Crippen LogP contribution >= 0.6 is 24.8 Å². The third kappa shape index (κ3) is 4.38. The second-order valence-corrected chi connectivity index (χ2v) is 25.6. The van der Waals surface area contributed by atoms with Crippen LogP contribution in [0.5, 0.6) is 0 Å². The standard InChI is InChI=1S/2C8H11.C2H7Si.2ClH.Zr/c2*1-3-8-6-4-5-7(8)2;1-3-2;;;/h2*5H,3-4H2,1-2H3;3H,1-2H3;2*1H;. The minimum Gasteiger partial charge on any atom is -0.147 e. The second kappa shape index (κ2) is 9.82. The minimum absolute atomic E-state index is 0. The maximum atomic E-state index is 2.62. The molecule has 2 aliphatic carbocycles.